The second-order valence-corrected chi connectivity index (χ2v) is 8.10. The summed E-state index contributed by atoms with van der Waals surface area (Å²) in [6.07, 6.45) is 2.00. The Morgan fingerprint density at radius 2 is 2.04 bits per heavy atom. The summed E-state index contributed by atoms with van der Waals surface area (Å²) >= 11 is 2.92. The summed E-state index contributed by atoms with van der Waals surface area (Å²) in [7, 11) is 1.54. The Labute approximate surface area is 181 Å². The maximum atomic E-state index is 12.6. The van der Waals surface area contributed by atoms with Crippen LogP contribution in [0.2, 0.25) is 0 Å². The van der Waals surface area contributed by atoms with Gasteiger partial charge in [-0.25, -0.2) is 0 Å². The molecule has 1 aromatic carbocycles. The van der Waals surface area contributed by atoms with Gasteiger partial charge in [-0.2, -0.15) is 0 Å². The molecule has 1 aliphatic rings. The van der Waals surface area contributed by atoms with Crippen molar-refractivity contribution in [3.63, 3.8) is 0 Å². The van der Waals surface area contributed by atoms with E-state index < -0.39 is 23.7 Å². The summed E-state index contributed by atoms with van der Waals surface area (Å²) < 4.78 is 16.9. The molecule has 1 aromatic rings. The number of nitrogens with zero attached hydrogens (tertiary/aromatic N) is 1. The minimum absolute atomic E-state index is 0.239. The summed E-state index contributed by atoms with van der Waals surface area (Å²) in [6.45, 7) is 5.62. The molecule has 0 unspecified atom stereocenters. The van der Waals surface area contributed by atoms with Crippen molar-refractivity contribution >= 4 is 57.5 Å². The zero-order valence-corrected chi connectivity index (χ0v) is 19.1. The third-order valence-corrected chi connectivity index (χ3v) is 5.62. The van der Waals surface area contributed by atoms with Crippen LogP contribution in [0.1, 0.15) is 32.8 Å². The van der Waals surface area contributed by atoms with Crippen LogP contribution in [0.25, 0.3) is 6.08 Å². The Bertz CT molecular complexity index is 810. The zero-order valence-electron chi connectivity index (χ0n) is 16.1. The van der Waals surface area contributed by atoms with E-state index in [-0.39, 0.29) is 11.0 Å². The average molecular weight is 519 g/mol. The maximum absolute atomic E-state index is 12.6. The summed E-state index contributed by atoms with van der Waals surface area (Å²) in [5.74, 6) is 0.0501. The number of methoxy groups -OCH3 is 1. The van der Waals surface area contributed by atoms with Gasteiger partial charge in [0.15, 0.2) is 11.5 Å². The predicted octanol–water partition coefficient (Wildman–Crippen LogP) is 4.08. The quantitative estimate of drug-likeness (QED) is 0.291. The SMILES string of the molecule is CCOc1c(I)cc(/C=C2/SC(=O)N(CC(=O)O[C@@H](C)CC)C2=O)cc1OC. The molecule has 9 heteroatoms. The summed E-state index contributed by atoms with van der Waals surface area (Å²) in [5, 5.41) is -0.495. The van der Waals surface area contributed by atoms with Crippen LogP contribution in [0, 0.1) is 3.57 Å². The zero-order chi connectivity index (χ0) is 20.8. The highest BCUT2D eigenvalue weighted by Crippen LogP contribution is 2.37. The van der Waals surface area contributed by atoms with Crippen LogP contribution < -0.4 is 9.47 Å². The van der Waals surface area contributed by atoms with Crippen LogP contribution in [0.15, 0.2) is 17.0 Å². The lowest BCUT2D eigenvalue weighted by atomic mass is 10.2. The van der Waals surface area contributed by atoms with Crippen molar-refractivity contribution in [2.45, 2.75) is 33.3 Å². The van der Waals surface area contributed by atoms with Gasteiger partial charge < -0.3 is 14.2 Å². The lowest BCUT2D eigenvalue weighted by molar-refractivity contribution is -0.150. The van der Waals surface area contributed by atoms with Gasteiger partial charge in [0.2, 0.25) is 0 Å². The molecule has 0 saturated carbocycles. The van der Waals surface area contributed by atoms with E-state index in [1.807, 2.05) is 19.9 Å². The van der Waals surface area contributed by atoms with Crippen molar-refractivity contribution in [3.05, 3.63) is 26.2 Å². The number of carbonyl (C=O) groups is 3. The first-order chi connectivity index (χ1) is 13.3. The third-order valence-electron chi connectivity index (χ3n) is 3.91. The van der Waals surface area contributed by atoms with Gasteiger partial charge >= 0.3 is 5.97 Å². The van der Waals surface area contributed by atoms with Crippen molar-refractivity contribution in [2.24, 2.45) is 0 Å². The number of halogens is 1. The molecule has 0 bridgehead atoms. The predicted molar refractivity (Wildman–Crippen MR) is 115 cm³/mol. The van der Waals surface area contributed by atoms with Crippen molar-refractivity contribution in [2.75, 3.05) is 20.3 Å². The number of amides is 2. The number of carbonyl (C=O) groups excluding carboxylic acids is 3. The van der Waals surface area contributed by atoms with E-state index in [0.29, 0.717) is 30.1 Å². The Balaban J connectivity index is 2.21. The van der Waals surface area contributed by atoms with Crippen LogP contribution in [0.3, 0.4) is 0 Å². The molecule has 0 spiro atoms. The van der Waals surface area contributed by atoms with E-state index in [2.05, 4.69) is 22.6 Å². The highest BCUT2D eigenvalue weighted by atomic mass is 127. The van der Waals surface area contributed by atoms with Crippen molar-refractivity contribution < 1.29 is 28.6 Å². The number of hydrogen-bond donors (Lipinski definition) is 0. The van der Waals surface area contributed by atoms with E-state index in [9.17, 15) is 14.4 Å². The highest BCUT2D eigenvalue weighted by Gasteiger charge is 2.37. The third kappa shape index (κ3) is 5.40. The molecule has 28 heavy (non-hydrogen) atoms. The molecule has 0 aliphatic carbocycles. The molecule has 1 fully saturated rings. The minimum atomic E-state index is -0.602. The molecule has 0 radical (unpaired) electrons. The lowest BCUT2D eigenvalue weighted by Crippen LogP contribution is -2.35. The van der Waals surface area contributed by atoms with E-state index >= 15 is 0 Å². The Morgan fingerprint density at radius 3 is 2.64 bits per heavy atom. The monoisotopic (exact) mass is 519 g/mol. The molecule has 2 rings (SSSR count). The molecule has 1 heterocycles. The molecule has 0 aromatic heterocycles. The van der Waals surface area contributed by atoms with E-state index in [0.717, 1.165) is 20.2 Å². The molecule has 1 saturated heterocycles. The normalized spacial score (nSPS) is 16.5. The Hall–Kier alpha value is -1.75. The van der Waals surface area contributed by atoms with Crippen LogP contribution in [0.5, 0.6) is 11.5 Å². The molecular weight excluding hydrogens is 497 g/mol. The molecule has 1 atom stereocenters. The van der Waals surface area contributed by atoms with Crippen LogP contribution in [-0.4, -0.2) is 48.4 Å². The number of rotatable bonds is 8. The average Bonchev–Trinajstić information content (AvgIpc) is 2.90. The smallest absolute Gasteiger partial charge is 0.326 e. The van der Waals surface area contributed by atoms with Crippen molar-refractivity contribution in [1.82, 2.24) is 4.90 Å². The van der Waals surface area contributed by atoms with Crippen molar-refractivity contribution in [3.8, 4) is 11.5 Å². The van der Waals surface area contributed by atoms with Gasteiger partial charge in [-0.1, -0.05) is 6.92 Å². The Morgan fingerprint density at radius 1 is 1.32 bits per heavy atom. The van der Waals surface area contributed by atoms with Crippen LogP contribution >= 0.6 is 34.4 Å². The number of imide groups is 1. The topological polar surface area (TPSA) is 82.1 Å². The first kappa shape index (κ1) is 22.5. The van der Waals surface area contributed by atoms with Crippen LogP contribution in [0.4, 0.5) is 4.79 Å². The molecule has 1 aliphatic heterocycles. The molecule has 152 valence electrons. The maximum Gasteiger partial charge on any atom is 0.326 e. The van der Waals surface area contributed by atoms with Gasteiger partial charge in [0.1, 0.15) is 6.54 Å². The van der Waals surface area contributed by atoms with Gasteiger partial charge in [-0.3, -0.25) is 19.3 Å². The largest absolute Gasteiger partial charge is 0.493 e. The second kappa shape index (κ2) is 10.1. The number of thioether (sulfide) groups is 1. The second-order valence-electron chi connectivity index (χ2n) is 5.94. The first-order valence-corrected chi connectivity index (χ1v) is 10.6. The van der Waals surface area contributed by atoms with Crippen molar-refractivity contribution in [1.29, 1.82) is 0 Å². The van der Waals surface area contributed by atoms with Gasteiger partial charge in [-0.15, -0.1) is 0 Å². The number of ether oxygens (including phenoxy) is 3. The fourth-order valence-corrected chi connectivity index (χ4v) is 3.99. The first-order valence-electron chi connectivity index (χ1n) is 8.75. The van der Waals surface area contributed by atoms with E-state index in [4.69, 9.17) is 14.2 Å². The highest BCUT2D eigenvalue weighted by molar-refractivity contribution is 14.1. The standard InChI is InChI=1S/C19H22INO6S/c1-5-11(3)27-16(22)10-21-18(23)15(28-19(21)24)9-12-7-13(20)17(26-6-2)14(8-12)25-4/h7-9,11H,5-6,10H2,1-4H3/b15-9+/t11-/m0/s1. The van der Waals surface area contributed by atoms with Gasteiger partial charge in [-0.05, 0) is 78.4 Å². The molecular formula is C19H22INO6S. The number of esters is 1. The van der Waals surface area contributed by atoms with Gasteiger partial charge in [0.05, 0.1) is 28.3 Å². The number of hydrogen-bond acceptors (Lipinski definition) is 7. The van der Waals surface area contributed by atoms with E-state index in [1.54, 1.807) is 19.1 Å². The molecule has 0 N–H and O–H groups in total. The molecule has 7 nitrogen and oxygen atoms in total. The number of benzene rings is 1. The minimum Gasteiger partial charge on any atom is -0.493 e. The van der Waals surface area contributed by atoms with E-state index in [1.165, 1.54) is 7.11 Å². The summed E-state index contributed by atoms with van der Waals surface area (Å²) in [4.78, 5) is 37.8. The lowest BCUT2D eigenvalue weighted by Gasteiger charge is -2.15. The summed E-state index contributed by atoms with van der Waals surface area (Å²) in [6, 6.07) is 3.57. The van der Waals surface area contributed by atoms with Gasteiger partial charge in [0.25, 0.3) is 11.1 Å². The Kier molecular flexibility index (Phi) is 8.17. The molecule has 2 amide bonds. The summed E-state index contributed by atoms with van der Waals surface area (Å²) in [5.41, 5.74) is 0.692. The van der Waals surface area contributed by atoms with Gasteiger partial charge in [0, 0.05) is 0 Å². The van der Waals surface area contributed by atoms with Crippen LogP contribution in [-0.2, 0) is 14.3 Å². The fourth-order valence-electron chi connectivity index (χ4n) is 2.37. The fraction of sp³-hybridized carbons (Fsp3) is 0.421.